The highest BCUT2D eigenvalue weighted by Gasteiger charge is 2.52. The first-order valence-electron chi connectivity index (χ1n) is 12.9. The van der Waals surface area contributed by atoms with E-state index in [1.54, 1.807) is 23.7 Å². The maximum atomic E-state index is 13.5. The molecular weight excluding hydrogens is 486 g/mol. The van der Waals surface area contributed by atoms with E-state index in [0.29, 0.717) is 66.3 Å². The quantitative estimate of drug-likeness (QED) is 0.297. The highest BCUT2D eigenvalue weighted by atomic mass is 19.1. The number of carboxylic acid groups (broad SMARTS) is 1. The molecular formula is C30H36F2N4O2. The van der Waals surface area contributed by atoms with Crippen molar-refractivity contribution in [3.05, 3.63) is 95.9 Å². The third-order valence-corrected chi connectivity index (χ3v) is 8.44. The number of allylic oxidation sites excluding steroid dienone is 2. The second-order valence-corrected chi connectivity index (χ2v) is 10.7. The number of carboxylic acids is 1. The van der Waals surface area contributed by atoms with Crippen molar-refractivity contribution in [1.29, 1.82) is 0 Å². The summed E-state index contributed by atoms with van der Waals surface area (Å²) in [5, 5.41) is 20.8. The summed E-state index contributed by atoms with van der Waals surface area (Å²) < 4.78 is 28.4. The molecule has 38 heavy (non-hydrogen) atoms. The highest BCUT2D eigenvalue weighted by molar-refractivity contribution is 5.75. The number of hydrogen-bond acceptors (Lipinski definition) is 4. The van der Waals surface area contributed by atoms with Gasteiger partial charge in [0.1, 0.15) is 12.5 Å². The molecule has 3 fully saturated rings. The number of aliphatic carboxylic acids is 1. The third kappa shape index (κ3) is 5.59. The zero-order valence-electron chi connectivity index (χ0n) is 22.0. The minimum atomic E-state index is -0.669. The molecule has 6 nitrogen and oxygen atoms in total. The van der Waals surface area contributed by atoms with Gasteiger partial charge in [-0.05, 0) is 80.2 Å². The predicted octanol–water partition coefficient (Wildman–Crippen LogP) is 6.03. The Morgan fingerprint density at radius 3 is 2.26 bits per heavy atom. The van der Waals surface area contributed by atoms with E-state index in [4.69, 9.17) is 0 Å². The fourth-order valence-corrected chi connectivity index (χ4v) is 5.50. The number of halogens is 2. The van der Waals surface area contributed by atoms with E-state index >= 15 is 0 Å². The summed E-state index contributed by atoms with van der Waals surface area (Å²) >= 11 is 0. The molecule has 3 aliphatic rings. The summed E-state index contributed by atoms with van der Waals surface area (Å²) in [6, 6.07) is 6.22. The minimum Gasteiger partial charge on any atom is -0.481 e. The number of fused-ring (bicyclic) bond motifs is 3. The van der Waals surface area contributed by atoms with Crippen molar-refractivity contribution < 1.29 is 18.7 Å². The molecule has 0 amide bonds. The molecule has 3 saturated carbocycles. The topological polar surface area (TPSA) is 79.2 Å². The molecule has 0 unspecified atom stereocenters. The van der Waals surface area contributed by atoms with Crippen molar-refractivity contribution in [2.45, 2.75) is 58.7 Å². The van der Waals surface area contributed by atoms with Gasteiger partial charge in [-0.1, -0.05) is 31.9 Å². The first-order valence-corrected chi connectivity index (χ1v) is 12.9. The molecule has 0 atom stereocenters. The van der Waals surface area contributed by atoms with Crippen LogP contribution < -0.4 is 10.6 Å². The van der Waals surface area contributed by atoms with Gasteiger partial charge in [0, 0.05) is 30.0 Å². The standard InChI is InChI=1S/C30H36F2N4O2/c1-20(21(2)33-17-24-5-7-26(32)8-6-24)15-27(36-23(4)25(16-31)18-35-36)22(3)34-19-29-9-12-30(13-10-29,14-11-29)28(37)38/h5-8,15,18,33-34H,1-3,9-14,16-17,19H2,4H3,(H,37,38)/b27-15-. The summed E-state index contributed by atoms with van der Waals surface area (Å²) in [5.41, 5.74) is 3.95. The first-order chi connectivity index (χ1) is 18.1. The van der Waals surface area contributed by atoms with Crippen molar-refractivity contribution in [3.8, 4) is 0 Å². The van der Waals surface area contributed by atoms with Crippen molar-refractivity contribution in [2.75, 3.05) is 6.54 Å². The molecule has 3 aliphatic carbocycles. The second-order valence-electron chi connectivity index (χ2n) is 10.7. The Morgan fingerprint density at radius 1 is 1.08 bits per heavy atom. The fraction of sp³-hybridized carbons (Fsp3) is 0.400. The Hall–Kier alpha value is -3.68. The van der Waals surface area contributed by atoms with Gasteiger partial charge < -0.3 is 15.7 Å². The van der Waals surface area contributed by atoms with E-state index in [1.807, 2.05) is 6.08 Å². The van der Waals surface area contributed by atoms with E-state index in [0.717, 1.165) is 24.8 Å². The molecule has 0 spiro atoms. The Kier molecular flexibility index (Phi) is 7.90. The maximum Gasteiger partial charge on any atom is 0.309 e. The Balaban J connectivity index is 1.48. The number of hydrogen-bond donors (Lipinski definition) is 3. The number of aromatic nitrogens is 2. The van der Waals surface area contributed by atoms with Gasteiger partial charge >= 0.3 is 5.97 Å². The van der Waals surface area contributed by atoms with Gasteiger partial charge in [0.2, 0.25) is 0 Å². The molecule has 1 aromatic carbocycles. The van der Waals surface area contributed by atoms with Gasteiger partial charge in [0.25, 0.3) is 0 Å². The highest BCUT2D eigenvalue weighted by Crippen LogP contribution is 2.56. The van der Waals surface area contributed by atoms with Crippen LogP contribution in [-0.2, 0) is 18.0 Å². The monoisotopic (exact) mass is 522 g/mol. The molecule has 2 aromatic rings. The van der Waals surface area contributed by atoms with Gasteiger partial charge in [-0.25, -0.2) is 13.5 Å². The number of nitrogens with zero attached hydrogens (tertiary/aromatic N) is 2. The van der Waals surface area contributed by atoms with Gasteiger partial charge in [0.05, 0.1) is 23.0 Å². The van der Waals surface area contributed by atoms with E-state index < -0.39 is 18.1 Å². The molecule has 5 rings (SSSR count). The normalized spacial score (nSPS) is 22.7. The summed E-state index contributed by atoms with van der Waals surface area (Å²) in [4.78, 5) is 11.8. The van der Waals surface area contributed by atoms with Crippen LogP contribution in [0.1, 0.15) is 55.3 Å². The van der Waals surface area contributed by atoms with Gasteiger partial charge in [0.15, 0.2) is 0 Å². The van der Waals surface area contributed by atoms with Gasteiger partial charge in [-0.15, -0.1) is 0 Å². The Bertz CT molecular complexity index is 1250. The second kappa shape index (κ2) is 11.0. The Morgan fingerprint density at radius 2 is 1.71 bits per heavy atom. The van der Waals surface area contributed by atoms with Gasteiger partial charge in [-0.3, -0.25) is 4.79 Å². The van der Waals surface area contributed by atoms with Crippen molar-refractivity contribution >= 4 is 11.7 Å². The number of alkyl halides is 1. The molecule has 2 bridgehead atoms. The summed E-state index contributed by atoms with van der Waals surface area (Å²) in [6.07, 6.45) is 8.02. The summed E-state index contributed by atoms with van der Waals surface area (Å²) in [5.74, 6) is -0.960. The number of carbonyl (C=O) groups is 1. The average molecular weight is 523 g/mol. The third-order valence-electron chi connectivity index (χ3n) is 8.44. The lowest BCUT2D eigenvalue weighted by Gasteiger charge is -2.51. The van der Waals surface area contributed by atoms with Crippen LogP contribution in [0.4, 0.5) is 8.78 Å². The first kappa shape index (κ1) is 27.4. The lowest BCUT2D eigenvalue weighted by molar-refractivity contribution is -0.158. The van der Waals surface area contributed by atoms with E-state index in [1.165, 1.54) is 18.3 Å². The van der Waals surface area contributed by atoms with Crippen molar-refractivity contribution in [1.82, 2.24) is 20.4 Å². The van der Waals surface area contributed by atoms with E-state index in [2.05, 4.69) is 35.5 Å². The molecule has 0 radical (unpaired) electrons. The van der Waals surface area contributed by atoms with Gasteiger partial charge in [-0.2, -0.15) is 5.10 Å². The number of nitrogens with one attached hydrogen (secondary N) is 2. The molecule has 1 aromatic heterocycles. The lowest BCUT2D eigenvalue weighted by atomic mass is 9.53. The number of rotatable bonds is 12. The smallest absolute Gasteiger partial charge is 0.309 e. The molecule has 3 N–H and O–H groups in total. The van der Waals surface area contributed by atoms with Crippen LogP contribution in [0.5, 0.6) is 0 Å². The van der Waals surface area contributed by atoms with Crippen LogP contribution in [-0.4, -0.2) is 27.4 Å². The minimum absolute atomic E-state index is 0.0336. The molecule has 1 heterocycles. The maximum absolute atomic E-state index is 13.5. The van der Waals surface area contributed by atoms with Crippen LogP contribution >= 0.6 is 0 Å². The molecule has 0 saturated heterocycles. The van der Waals surface area contributed by atoms with Crippen LogP contribution in [0.2, 0.25) is 0 Å². The SMILES string of the molecule is C=C(/C=C(/C(=C)NCC12CCC(C(=O)O)(CC1)CC2)n1ncc(CF)c1C)C(=C)NCc1ccc(F)cc1. The Labute approximate surface area is 222 Å². The van der Waals surface area contributed by atoms with E-state index in [-0.39, 0.29) is 11.2 Å². The zero-order chi connectivity index (χ0) is 27.5. The number of benzene rings is 1. The van der Waals surface area contributed by atoms with Crippen LogP contribution in [0, 0.1) is 23.6 Å². The van der Waals surface area contributed by atoms with Crippen LogP contribution in [0.25, 0.3) is 5.70 Å². The molecule has 0 aliphatic heterocycles. The summed E-state index contributed by atoms with van der Waals surface area (Å²) in [7, 11) is 0. The zero-order valence-corrected chi connectivity index (χ0v) is 22.0. The van der Waals surface area contributed by atoms with Crippen LogP contribution in [0.3, 0.4) is 0 Å². The van der Waals surface area contributed by atoms with Crippen molar-refractivity contribution in [2.24, 2.45) is 10.8 Å². The molecule has 202 valence electrons. The molecule has 8 heteroatoms. The van der Waals surface area contributed by atoms with E-state index in [9.17, 15) is 18.7 Å². The fourth-order valence-electron chi connectivity index (χ4n) is 5.50. The largest absolute Gasteiger partial charge is 0.481 e. The summed E-state index contributed by atoms with van der Waals surface area (Å²) in [6.45, 7) is 14.8. The van der Waals surface area contributed by atoms with Crippen LogP contribution in [0.15, 0.2) is 73.2 Å². The van der Waals surface area contributed by atoms with Crippen molar-refractivity contribution in [3.63, 3.8) is 0 Å². The average Bonchev–Trinajstić information content (AvgIpc) is 3.30. The predicted molar refractivity (Wildman–Crippen MR) is 145 cm³/mol. The lowest BCUT2D eigenvalue weighted by Crippen LogP contribution is -2.49.